The second kappa shape index (κ2) is 5.25. The van der Waals surface area contributed by atoms with Gasteiger partial charge in [0.25, 0.3) is 0 Å². The number of fused-ring (bicyclic) bond motifs is 2. The van der Waals surface area contributed by atoms with E-state index in [1.807, 2.05) is 42.5 Å². The fourth-order valence-corrected chi connectivity index (χ4v) is 3.00. The fourth-order valence-electron chi connectivity index (χ4n) is 3.00. The van der Waals surface area contributed by atoms with Gasteiger partial charge < -0.3 is 9.72 Å². The van der Waals surface area contributed by atoms with Crippen LogP contribution < -0.4 is 4.74 Å². The van der Waals surface area contributed by atoms with Gasteiger partial charge in [-0.15, -0.1) is 0 Å². The fraction of sp³-hybridized carbons (Fsp3) is 0.0526. The van der Waals surface area contributed by atoms with Crippen molar-refractivity contribution in [1.29, 1.82) is 0 Å². The molecule has 0 spiro atoms. The average molecular weight is 302 g/mol. The van der Waals surface area contributed by atoms with E-state index < -0.39 is 0 Å². The van der Waals surface area contributed by atoms with Crippen LogP contribution in [0.15, 0.2) is 54.7 Å². The number of aromatic amines is 1. The molecule has 4 heteroatoms. The van der Waals surface area contributed by atoms with Crippen LogP contribution >= 0.6 is 0 Å². The van der Waals surface area contributed by atoms with E-state index in [0.717, 1.165) is 45.0 Å². The van der Waals surface area contributed by atoms with Crippen LogP contribution in [0.5, 0.6) is 5.75 Å². The van der Waals surface area contributed by atoms with Gasteiger partial charge in [-0.2, -0.15) is 0 Å². The molecule has 112 valence electrons. The number of hydrogen-bond donors (Lipinski definition) is 1. The first kappa shape index (κ1) is 13.5. The maximum atomic E-state index is 11.1. The minimum absolute atomic E-state index is 0.537. The molecule has 2 aromatic carbocycles. The molecule has 2 heterocycles. The molecular formula is C19H14N2O2. The Kier molecular flexibility index (Phi) is 3.08. The van der Waals surface area contributed by atoms with E-state index in [2.05, 4.69) is 16.0 Å². The highest BCUT2D eigenvalue weighted by molar-refractivity contribution is 6.06. The Morgan fingerprint density at radius 2 is 1.96 bits per heavy atom. The zero-order chi connectivity index (χ0) is 15.8. The summed E-state index contributed by atoms with van der Waals surface area (Å²) in [6, 6.07) is 15.7. The first-order valence-electron chi connectivity index (χ1n) is 7.31. The SMILES string of the molecule is COc1ccc2[nH]c(C=O)cc2c1-c1nccc2ccccc12. The number of carbonyl (C=O) groups is 1. The first-order chi connectivity index (χ1) is 11.3. The first-order valence-corrected chi connectivity index (χ1v) is 7.31. The summed E-state index contributed by atoms with van der Waals surface area (Å²) in [6.45, 7) is 0. The highest BCUT2D eigenvalue weighted by Crippen LogP contribution is 2.39. The van der Waals surface area contributed by atoms with Crippen LogP contribution in [-0.2, 0) is 0 Å². The summed E-state index contributed by atoms with van der Waals surface area (Å²) in [4.78, 5) is 18.8. The number of benzene rings is 2. The Balaban J connectivity index is 2.14. The van der Waals surface area contributed by atoms with Crippen LogP contribution in [0, 0.1) is 0 Å². The predicted octanol–water partition coefficient (Wildman–Crippen LogP) is 4.20. The van der Waals surface area contributed by atoms with Crippen molar-refractivity contribution in [3.63, 3.8) is 0 Å². The molecule has 1 N–H and O–H groups in total. The highest BCUT2D eigenvalue weighted by Gasteiger charge is 2.16. The topological polar surface area (TPSA) is 55.0 Å². The van der Waals surface area contributed by atoms with Gasteiger partial charge in [-0.1, -0.05) is 24.3 Å². The second-order valence-corrected chi connectivity index (χ2v) is 5.33. The summed E-state index contributed by atoms with van der Waals surface area (Å²) < 4.78 is 5.56. The lowest BCUT2D eigenvalue weighted by molar-refractivity contribution is 0.112. The largest absolute Gasteiger partial charge is 0.496 e. The monoisotopic (exact) mass is 302 g/mol. The van der Waals surface area contributed by atoms with Crippen LogP contribution in [0.3, 0.4) is 0 Å². The number of rotatable bonds is 3. The third kappa shape index (κ3) is 2.07. The molecule has 0 aliphatic heterocycles. The van der Waals surface area contributed by atoms with Crippen molar-refractivity contribution in [2.24, 2.45) is 0 Å². The van der Waals surface area contributed by atoms with Gasteiger partial charge in [0.05, 0.1) is 24.1 Å². The van der Waals surface area contributed by atoms with E-state index in [-0.39, 0.29) is 0 Å². The van der Waals surface area contributed by atoms with E-state index in [0.29, 0.717) is 5.69 Å². The third-order valence-electron chi connectivity index (χ3n) is 4.04. The highest BCUT2D eigenvalue weighted by atomic mass is 16.5. The Labute approximate surface area is 132 Å². The molecule has 0 radical (unpaired) electrons. The molecule has 0 fully saturated rings. The molecule has 0 unspecified atom stereocenters. The van der Waals surface area contributed by atoms with E-state index in [1.54, 1.807) is 13.3 Å². The molecule has 0 bridgehead atoms. The van der Waals surface area contributed by atoms with Gasteiger partial charge in [-0.05, 0) is 29.7 Å². The summed E-state index contributed by atoms with van der Waals surface area (Å²) in [6.07, 6.45) is 2.61. The smallest absolute Gasteiger partial charge is 0.166 e. The van der Waals surface area contributed by atoms with Crippen LogP contribution in [-0.4, -0.2) is 23.4 Å². The number of pyridine rings is 1. The third-order valence-corrected chi connectivity index (χ3v) is 4.04. The molecule has 0 amide bonds. The van der Waals surface area contributed by atoms with Crippen molar-refractivity contribution >= 4 is 28.0 Å². The Morgan fingerprint density at radius 3 is 2.78 bits per heavy atom. The van der Waals surface area contributed by atoms with Crippen LogP contribution in [0.4, 0.5) is 0 Å². The number of nitrogens with zero attached hydrogens (tertiary/aromatic N) is 1. The number of H-pyrrole nitrogens is 1. The molecule has 4 nitrogen and oxygen atoms in total. The molecule has 0 aliphatic rings. The number of hydrogen-bond acceptors (Lipinski definition) is 3. The normalized spacial score (nSPS) is 11.0. The van der Waals surface area contributed by atoms with Crippen molar-refractivity contribution in [1.82, 2.24) is 9.97 Å². The van der Waals surface area contributed by atoms with Gasteiger partial charge in [0.1, 0.15) is 5.75 Å². The van der Waals surface area contributed by atoms with E-state index >= 15 is 0 Å². The maximum Gasteiger partial charge on any atom is 0.166 e. The number of aldehydes is 1. The summed E-state index contributed by atoms with van der Waals surface area (Å²) in [5.74, 6) is 0.734. The quantitative estimate of drug-likeness (QED) is 0.577. The molecular weight excluding hydrogens is 288 g/mol. The lowest BCUT2D eigenvalue weighted by Crippen LogP contribution is -1.92. The van der Waals surface area contributed by atoms with Crippen molar-refractivity contribution < 1.29 is 9.53 Å². The zero-order valence-electron chi connectivity index (χ0n) is 12.5. The minimum Gasteiger partial charge on any atom is -0.496 e. The van der Waals surface area contributed by atoms with Crippen LogP contribution in [0.25, 0.3) is 32.9 Å². The van der Waals surface area contributed by atoms with Gasteiger partial charge >= 0.3 is 0 Å². The number of aromatic nitrogens is 2. The van der Waals surface area contributed by atoms with Gasteiger partial charge in [-0.25, -0.2) is 0 Å². The average Bonchev–Trinajstić information content (AvgIpc) is 3.03. The Bertz CT molecular complexity index is 1030. The van der Waals surface area contributed by atoms with Crippen LogP contribution in [0.2, 0.25) is 0 Å². The lowest BCUT2D eigenvalue weighted by atomic mass is 10.00. The van der Waals surface area contributed by atoms with E-state index in [4.69, 9.17) is 4.74 Å². The van der Waals surface area contributed by atoms with Crippen molar-refractivity contribution in [2.45, 2.75) is 0 Å². The summed E-state index contributed by atoms with van der Waals surface area (Å²) in [5.41, 5.74) is 3.17. The minimum atomic E-state index is 0.537. The molecule has 4 rings (SSSR count). The van der Waals surface area contributed by atoms with Gasteiger partial charge in [0.2, 0.25) is 0 Å². The number of methoxy groups -OCH3 is 1. The molecule has 0 saturated carbocycles. The van der Waals surface area contributed by atoms with Crippen molar-refractivity contribution in [2.75, 3.05) is 7.11 Å². The molecule has 0 saturated heterocycles. The molecule has 4 aromatic rings. The van der Waals surface area contributed by atoms with Crippen molar-refractivity contribution in [3.05, 3.63) is 60.4 Å². The Morgan fingerprint density at radius 1 is 1.09 bits per heavy atom. The van der Waals surface area contributed by atoms with Gasteiger partial charge in [0, 0.05) is 22.5 Å². The van der Waals surface area contributed by atoms with Crippen LogP contribution in [0.1, 0.15) is 10.5 Å². The lowest BCUT2D eigenvalue weighted by Gasteiger charge is -2.11. The molecule has 2 aromatic heterocycles. The van der Waals surface area contributed by atoms with Crippen molar-refractivity contribution in [3.8, 4) is 17.0 Å². The van der Waals surface area contributed by atoms with Gasteiger partial charge in [0.15, 0.2) is 6.29 Å². The van der Waals surface area contributed by atoms with Gasteiger partial charge in [-0.3, -0.25) is 9.78 Å². The molecule has 0 atom stereocenters. The Hall–Kier alpha value is -3.14. The molecule has 0 aliphatic carbocycles. The predicted molar refractivity (Wildman–Crippen MR) is 91.0 cm³/mol. The number of ether oxygens (including phenoxy) is 1. The van der Waals surface area contributed by atoms with E-state index in [1.165, 1.54) is 0 Å². The second-order valence-electron chi connectivity index (χ2n) is 5.33. The molecule has 23 heavy (non-hydrogen) atoms. The maximum absolute atomic E-state index is 11.1. The summed E-state index contributed by atoms with van der Waals surface area (Å²) in [5, 5.41) is 3.09. The summed E-state index contributed by atoms with van der Waals surface area (Å²) in [7, 11) is 1.64. The number of nitrogens with one attached hydrogen (secondary N) is 1. The standard InChI is InChI=1S/C19H14N2O2/c1-23-17-7-6-16-15(10-13(11-22)21-16)18(17)19-14-5-3-2-4-12(14)8-9-20-19/h2-11,21H,1H3. The summed E-state index contributed by atoms with van der Waals surface area (Å²) >= 11 is 0. The number of carbonyl (C=O) groups excluding carboxylic acids is 1. The van der Waals surface area contributed by atoms with E-state index in [9.17, 15) is 4.79 Å². The zero-order valence-corrected chi connectivity index (χ0v) is 12.5.